The van der Waals surface area contributed by atoms with Crippen LogP contribution in [0.4, 0.5) is 5.69 Å². The lowest BCUT2D eigenvalue weighted by Gasteiger charge is -2.32. The van der Waals surface area contributed by atoms with Crippen LogP contribution in [0.1, 0.15) is 47.6 Å². The molecular formula is C23H26Br2N4O2. The van der Waals surface area contributed by atoms with Crippen molar-refractivity contribution in [3.8, 4) is 0 Å². The van der Waals surface area contributed by atoms with Gasteiger partial charge in [-0.05, 0) is 94.4 Å². The molecule has 0 aliphatic carbocycles. The molecule has 1 aliphatic rings. The van der Waals surface area contributed by atoms with E-state index in [1.165, 1.54) is 0 Å². The van der Waals surface area contributed by atoms with E-state index >= 15 is 0 Å². The number of nitrogens with two attached hydrogens (primary N) is 1. The molecule has 2 heterocycles. The average molecular weight is 550 g/mol. The van der Waals surface area contributed by atoms with Gasteiger partial charge in [0.15, 0.2) is 5.78 Å². The first kappa shape index (κ1) is 22.3. The zero-order chi connectivity index (χ0) is 22.1. The predicted molar refractivity (Wildman–Crippen MR) is 132 cm³/mol. The third-order valence-corrected chi connectivity index (χ3v) is 7.39. The maximum atomic E-state index is 12.6. The fourth-order valence-corrected chi connectivity index (χ4v) is 5.53. The van der Waals surface area contributed by atoms with E-state index in [0.717, 1.165) is 64.4 Å². The number of anilines is 1. The standard InChI is InChI=1S/C23H26Br2N4O2/c1-14-4-5-19-20(11-14)29(23(31)27-19)16-6-9-28(10-7-16)8-2-3-21(30)15-12-17(24)22(26)18(25)13-15/h4-5,11-13,16H,2-3,6-10,26H2,1H3,(H,27,31). The summed E-state index contributed by atoms with van der Waals surface area (Å²) < 4.78 is 3.39. The molecule has 1 saturated heterocycles. The van der Waals surface area contributed by atoms with Crippen LogP contribution < -0.4 is 11.4 Å². The normalized spacial score (nSPS) is 15.6. The summed E-state index contributed by atoms with van der Waals surface area (Å²) in [5.74, 6) is 0.122. The van der Waals surface area contributed by atoms with Gasteiger partial charge in [-0.2, -0.15) is 0 Å². The fraction of sp³-hybridized carbons (Fsp3) is 0.391. The van der Waals surface area contributed by atoms with Crippen molar-refractivity contribution in [2.24, 2.45) is 0 Å². The van der Waals surface area contributed by atoms with Crippen molar-refractivity contribution >= 4 is 54.4 Å². The number of ketones is 1. The molecule has 0 radical (unpaired) electrons. The van der Waals surface area contributed by atoms with Crippen LogP contribution in [0.5, 0.6) is 0 Å². The predicted octanol–water partition coefficient (Wildman–Crippen LogP) is 5.05. The van der Waals surface area contributed by atoms with Gasteiger partial charge in [-0.25, -0.2) is 4.79 Å². The third kappa shape index (κ3) is 4.81. The number of nitrogens with one attached hydrogen (secondary N) is 1. The number of fused-ring (bicyclic) bond motifs is 1. The second kappa shape index (κ2) is 9.30. The lowest BCUT2D eigenvalue weighted by Crippen LogP contribution is -2.37. The minimum absolute atomic E-state index is 0.0227. The Labute approximate surface area is 198 Å². The van der Waals surface area contributed by atoms with Crippen LogP contribution >= 0.6 is 31.9 Å². The molecule has 1 aliphatic heterocycles. The van der Waals surface area contributed by atoms with Gasteiger partial charge in [-0.3, -0.25) is 9.36 Å². The van der Waals surface area contributed by atoms with E-state index in [2.05, 4.69) is 47.8 Å². The molecule has 4 rings (SSSR count). The number of piperidine rings is 1. The lowest BCUT2D eigenvalue weighted by atomic mass is 10.0. The van der Waals surface area contributed by atoms with E-state index < -0.39 is 0 Å². The Morgan fingerprint density at radius 1 is 1.16 bits per heavy atom. The number of carbonyl (C=O) groups is 1. The molecule has 3 aromatic rings. The Kier molecular flexibility index (Phi) is 6.69. The number of rotatable bonds is 6. The maximum absolute atomic E-state index is 12.6. The van der Waals surface area contributed by atoms with Crippen LogP contribution in [0, 0.1) is 6.92 Å². The minimum Gasteiger partial charge on any atom is -0.397 e. The number of nitrogens with zero attached hydrogens (tertiary/aromatic N) is 2. The van der Waals surface area contributed by atoms with E-state index in [1.54, 1.807) is 12.1 Å². The minimum atomic E-state index is -0.0227. The Bertz CT molecular complexity index is 1150. The number of Topliss-reactive ketones (excluding diaryl/α,β-unsaturated/α-hetero) is 1. The van der Waals surface area contributed by atoms with Crippen molar-refractivity contribution in [1.29, 1.82) is 0 Å². The number of aromatic amines is 1. The van der Waals surface area contributed by atoms with E-state index in [0.29, 0.717) is 17.7 Å². The quantitative estimate of drug-likeness (QED) is 0.333. The molecule has 164 valence electrons. The molecule has 6 nitrogen and oxygen atoms in total. The van der Waals surface area contributed by atoms with E-state index in [4.69, 9.17) is 5.73 Å². The van der Waals surface area contributed by atoms with Crippen LogP contribution in [0.15, 0.2) is 44.1 Å². The van der Waals surface area contributed by atoms with Gasteiger partial charge in [0.2, 0.25) is 0 Å². The van der Waals surface area contributed by atoms with Gasteiger partial charge >= 0.3 is 5.69 Å². The average Bonchev–Trinajstić information content (AvgIpc) is 3.07. The molecule has 0 unspecified atom stereocenters. The number of hydrogen-bond donors (Lipinski definition) is 2. The monoisotopic (exact) mass is 548 g/mol. The molecule has 1 fully saturated rings. The van der Waals surface area contributed by atoms with Crippen molar-refractivity contribution in [3.63, 3.8) is 0 Å². The number of nitrogen functional groups attached to an aromatic ring is 1. The highest BCUT2D eigenvalue weighted by molar-refractivity contribution is 9.11. The van der Waals surface area contributed by atoms with E-state index in [-0.39, 0.29) is 17.5 Å². The first-order chi connectivity index (χ1) is 14.8. The van der Waals surface area contributed by atoms with Crippen molar-refractivity contribution in [3.05, 3.63) is 60.9 Å². The van der Waals surface area contributed by atoms with Gasteiger partial charge in [0.1, 0.15) is 0 Å². The summed E-state index contributed by atoms with van der Waals surface area (Å²) in [5.41, 5.74) is 10.2. The highest BCUT2D eigenvalue weighted by atomic mass is 79.9. The van der Waals surface area contributed by atoms with Crippen molar-refractivity contribution in [2.75, 3.05) is 25.4 Å². The molecule has 0 spiro atoms. The first-order valence-corrected chi connectivity index (χ1v) is 12.1. The molecule has 0 amide bonds. The Morgan fingerprint density at radius 3 is 2.52 bits per heavy atom. The van der Waals surface area contributed by atoms with Crippen molar-refractivity contribution in [2.45, 2.75) is 38.6 Å². The largest absolute Gasteiger partial charge is 0.397 e. The van der Waals surface area contributed by atoms with Gasteiger partial charge in [0.25, 0.3) is 0 Å². The summed E-state index contributed by atoms with van der Waals surface area (Å²) in [5, 5.41) is 0. The van der Waals surface area contributed by atoms with Crippen LogP contribution in [0.25, 0.3) is 11.0 Å². The van der Waals surface area contributed by atoms with Crippen LogP contribution in [0.2, 0.25) is 0 Å². The second-order valence-electron chi connectivity index (χ2n) is 8.27. The Balaban J connectivity index is 1.31. The number of hydrogen-bond acceptors (Lipinski definition) is 4. The zero-order valence-corrected chi connectivity index (χ0v) is 20.6. The molecule has 0 saturated carbocycles. The molecule has 2 aromatic carbocycles. The second-order valence-corrected chi connectivity index (χ2v) is 9.98. The molecule has 31 heavy (non-hydrogen) atoms. The molecule has 1 aromatic heterocycles. The van der Waals surface area contributed by atoms with Gasteiger partial charge in [0, 0.05) is 40.1 Å². The summed E-state index contributed by atoms with van der Waals surface area (Å²) in [6.45, 7) is 4.80. The lowest BCUT2D eigenvalue weighted by molar-refractivity contribution is 0.0970. The zero-order valence-electron chi connectivity index (χ0n) is 17.5. The number of aromatic nitrogens is 2. The van der Waals surface area contributed by atoms with Crippen molar-refractivity contribution < 1.29 is 4.79 Å². The van der Waals surface area contributed by atoms with Crippen LogP contribution in [-0.2, 0) is 0 Å². The maximum Gasteiger partial charge on any atom is 0.326 e. The first-order valence-electron chi connectivity index (χ1n) is 10.5. The van der Waals surface area contributed by atoms with Gasteiger partial charge in [0.05, 0.1) is 16.7 Å². The summed E-state index contributed by atoms with van der Waals surface area (Å²) in [6.07, 6.45) is 3.19. The van der Waals surface area contributed by atoms with Crippen LogP contribution in [0.3, 0.4) is 0 Å². The SMILES string of the molecule is Cc1ccc2[nH]c(=O)n(C3CCN(CCCC(=O)c4cc(Br)c(N)c(Br)c4)CC3)c2c1. The van der Waals surface area contributed by atoms with Crippen molar-refractivity contribution in [1.82, 2.24) is 14.5 Å². The Hall–Kier alpha value is -1.90. The number of aryl methyl sites for hydroxylation is 1. The number of imidazole rings is 1. The summed E-state index contributed by atoms with van der Waals surface area (Å²) in [7, 11) is 0. The van der Waals surface area contributed by atoms with Gasteiger partial charge in [-0.1, -0.05) is 6.07 Å². The number of H-pyrrole nitrogens is 1. The third-order valence-electron chi connectivity index (χ3n) is 6.07. The van der Waals surface area contributed by atoms with E-state index in [9.17, 15) is 9.59 Å². The number of likely N-dealkylation sites (tertiary alicyclic amines) is 1. The highest BCUT2D eigenvalue weighted by Gasteiger charge is 2.23. The number of halogens is 2. The van der Waals surface area contributed by atoms with Gasteiger partial charge in [-0.15, -0.1) is 0 Å². The molecule has 3 N–H and O–H groups in total. The number of carbonyl (C=O) groups excluding carboxylic acids is 1. The molecule has 0 atom stereocenters. The van der Waals surface area contributed by atoms with Gasteiger partial charge < -0.3 is 15.6 Å². The summed E-state index contributed by atoms with van der Waals surface area (Å²) in [4.78, 5) is 30.5. The molecule has 0 bridgehead atoms. The van der Waals surface area contributed by atoms with E-state index in [1.807, 2.05) is 23.6 Å². The topological polar surface area (TPSA) is 84.1 Å². The molecule has 8 heteroatoms. The highest BCUT2D eigenvalue weighted by Crippen LogP contribution is 2.30. The summed E-state index contributed by atoms with van der Waals surface area (Å²) in [6, 6.07) is 9.87. The van der Waals surface area contributed by atoms with Crippen LogP contribution in [-0.4, -0.2) is 39.9 Å². The molecular weight excluding hydrogens is 524 g/mol. The smallest absolute Gasteiger partial charge is 0.326 e. The fourth-order valence-electron chi connectivity index (χ4n) is 4.35. The number of benzene rings is 2. The Morgan fingerprint density at radius 2 is 1.84 bits per heavy atom. The summed E-state index contributed by atoms with van der Waals surface area (Å²) >= 11 is 6.80.